The summed E-state index contributed by atoms with van der Waals surface area (Å²) in [5.41, 5.74) is 6.78. The summed E-state index contributed by atoms with van der Waals surface area (Å²) in [6, 6.07) is 3.31. The highest BCUT2D eigenvalue weighted by Gasteiger charge is 2.40. The normalized spacial score (nSPS) is 29.9. The van der Waals surface area contributed by atoms with Gasteiger partial charge in [-0.15, -0.1) is 11.3 Å². The van der Waals surface area contributed by atoms with Gasteiger partial charge in [-0.25, -0.2) is 0 Å². The van der Waals surface area contributed by atoms with Crippen LogP contribution in [0.5, 0.6) is 0 Å². The van der Waals surface area contributed by atoms with Gasteiger partial charge in [-0.2, -0.15) is 4.98 Å². The van der Waals surface area contributed by atoms with Crippen molar-refractivity contribution < 1.29 is 4.52 Å². The lowest BCUT2D eigenvalue weighted by Crippen LogP contribution is -2.39. The van der Waals surface area contributed by atoms with E-state index in [0.29, 0.717) is 23.9 Å². The maximum Gasteiger partial charge on any atom is 0.260 e. The Morgan fingerprint density at radius 2 is 2.10 bits per heavy atom. The average molecular weight is 290 g/mol. The lowest BCUT2D eigenvalue weighted by atomic mass is 9.90. The van der Waals surface area contributed by atoms with Crippen molar-refractivity contribution in [1.29, 1.82) is 0 Å². The van der Waals surface area contributed by atoms with E-state index in [-0.39, 0.29) is 0 Å². The summed E-state index contributed by atoms with van der Waals surface area (Å²) >= 11 is 1.50. The number of hydrogen-bond donors (Lipinski definition) is 1. The zero-order chi connectivity index (χ0) is 13.7. The third kappa shape index (κ3) is 1.86. The second kappa shape index (κ2) is 4.56. The highest BCUT2D eigenvalue weighted by atomic mass is 32.1. The Bertz CT molecular complexity index is 608. The lowest BCUT2D eigenvalue weighted by molar-refractivity contribution is 0.157. The zero-order valence-electron chi connectivity index (χ0n) is 11.5. The van der Waals surface area contributed by atoms with Crippen molar-refractivity contribution in [2.75, 3.05) is 12.8 Å². The van der Waals surface area contributed by atoms with Gasteiger partial charge in [0.1, 0.15) is 0 Å². The van der Waals surface area contributed by atoms with Gasteiger partial charge >= 0.3 is 0 Å². The molecule has 0 aliphatic carbocycles. The third-order valence-corrected chi connectivity index (χ3v) is 5.58. The molecular weight excluding hydrogens is 272 g/mol. The maximum absolute atomic E-state index is 5.92. The van der Waals surface area contributed by atoms with Crippen molar-refractivity contribution in [3.05, 3.63) is 17.3 Å². The van der Waals surface area contributed by atoms with Crippen LogP contribution < -0.4 is 5.73 Å². The molecule has 6 heteroatoms. The highest BCUT2D eigenvalue weighted by molar-refractivity contribution is 7.14. The van der Waals surface area contributed by atoms with Crippen LogP contribution in [0.1, 0.15) is 37.4 Å². The van der Waals surface area contributed by atoms with Crippen molar-refractivity contribution in [3.8, 4) is 11.5 Å². The molecule has 0 radical (unpaired) electrons. The van der Waals surface area contributed by atoms with Crippen molar-refractivity contribution in [2.45, 2.75) is 43.7 Å². The fourth-order valence-electron chi connectivity index (χ4n) is 3.63. The molecule has 2 aliphatic heterocycles. The maximum atomic E-state index is 5.92. The molecular formula is C14H18N4OS. The second-order valence-electron chi connectivity index (χ2n) is 5.88. The predicted octanol–water partition coefficient (Wildman–Crippen LogP) is 2.72. The summed E-state index contributed by atoms with van der Waals surface area (Å²) < 4.78 is 5.41. The van der Waals surface area contributed by atoms with Crippen LogP contribution in [0.2, 0.25) is 0 Å². The molecule has 4 rings (SSSR count). The minimum atomic E-state index is 0.432. The van der Waals surface area contributed by atoms with E-state index in [4.69, 9.17) is 10.3 Å². The number of fused-ring (bicyclic) bond motifs is 2. The number of rotatable bonds is 2. The standard InChI is InChI=1S/C14H18N4OS/c1-18-9-2-3-10(18)7-8(6-9)13-16-14(19-17-13)11-4-5-20-12(11)15/h4-5,8-10H,2-3,6-7,15H2,1H3. The van der Waals surface area contributed by atoms with E-state index in [1.165, 1.54) is 24.2 Å². The fourth-order valence-corrected chi connectivity index (χ4v) is 4.26. The van der Waals surface area contributed by atoms with Crippen molar-refractivity contribution in [1.82, 2.24) is 15.0 Å². The third-order valence-electron chi connectivity index (χ3n) is 4.83. The summed E-state index contributed by atoms with van der Waals surface area (Å²) in [7, 11) is 2.24. The van der Waals surface area contributed by atoms with Crippen LogP contribution in [-0.4, -0.2) is 34.2 Å². The number of piperidine rings is 1. The molecule has 2 fully saturated rings. The molecule has 0 saturated carbocycles. The summed E-state index contributed by atoms with van der Waals surface area (Å²) in [6.07, 6.45) is 4.90. The van der Waals surface area contributed by atoms with Crippen LogP contribution in [-0.2, 0) is 0 Å². The Kier molecular flexibility index (Phi) is 2.82. The van der Waals surface area contributed by atoms with E-state index < -0.39 is 0 Å². The Hall–Kier alpha value is -1.40. The quantitative estimate of drug-likeness (QED) is 0.921. The molecule has 2 saturated heterocycles. The average Bonchev–Trinajstić information content (AvgIpc) is 3.10. The second-order valence-corrected chi connectivity index (χ2v) is 6.82. The van der Waals surface area contributed by atoms with Crippen LogP contribution >= 0.6 is 11.3 Å². The molecule has 5 nitrogen and oxygen atoms in total. The van der Waals surface area contributed by atoms with E-state index in [1.807, 2.05) is 11.4 Å². The summed E-state index contributed by atoms with van der Waals surface area (Å²) in [5.74, 6) is 1.85. The van der Waals surface area contributed by atoms with Gasteiger partial charge in [-0.05, 0) is 44.2 Å². The first-order chi connectivity index (χ1) is 9.72. The van der Waals surface area contributed by atoms with Gasteiger partial charge in [0.05, 0.1) is 10.6 Å². The van der Waals surface area contributed by atoms with E-state index in [2.05, 4.69) is 22.1 Å². The molecule has 20 heavy (non-hydrogen) atoms. The topological polar surface area (TPSA) is 68.2 Å². The molecule has 2 bridgehead atoms. The van der Waals surface area contributed by atoms with Crippen LogP contribution in [0.15, 0.2) is 16.0 Å². The first-order valence-electron chi connectivity index (χ1n) is 7.11. The highest BCUT2D eigenvalue weighted by Crippen LogP contribution is 2.41. The van der Waals surface area contributed by atoms with Crippen LogP contribution in [0, 0.1) is 0 Å². The Morgan fingerprint density at radius 1 is 1.35 bits per heavy atom. The molecule has 2 aromatic rings. The number of nitrogens with zero attached hydrogens (tertiary/aromatic N) is 3. The smallest absolute Gasteiger partial charge is 0.260 e. The summed E-state index contributed by atoms with van der Waals surface area (Å²) in [5, 5.41) is 6.89. The van der Waals surface area contributed by atoms with Crippen molar-refractivity contribution in [2.24, 2.45) is 0 Å². The molecule has 0 aromatic carbocycles. The number of nitrogen functional groups attached to an aromatic ring is 1. The molecule has 2 N–H and O–H groups in total. The molecule has 0 spiro atoms. The van der Waals surface area contributed by atoms with Gasteiger partial charge in [-0.1, -0.05) is 5.16 Å². The largest absolute Gasteiger partial charge is 0.390 e. The number of aromatic nitrogens is 2. The van der Waals surface area contributed by atoms with Gasteiger partial charge in [0.2, 0.25) is 0 Å². The first-order valence-corrected chi connectivity index (χ1v) is 7.99. The van der Waals surface area contributed by atoms with Gasteiger partial charge in [-0.3, -0.25) is 0 Å². The first kappa shape index (κ1) is 12.3. The van der Waals surface area contributed by atoms with E-state index in [0.717, 1.165) is 29.2 Å². The number of anilines is 1. The summed E-state index contributed by atoms with van der Waals surface area (Å²) in [6.45, 7) is 0. The van der Waals surface area contributed by atoms with E-state index >= 15 is 0 Å². The number of nitrogens with two attached hydrogens (primary N) is 1. The molecule has 2 aliphatic rings. The van der Waals surface area contributed by atoms with Crippen LogP contribution in [0.4, 0.5) is 5.00 Å². The number of thiophene rings is 1. The zero-order valence-corrected chi connectivity index (χ0v) is 12.3. The van der Waals surface area contributed by atoms with Gasteiger partial charge in [0.25, 0.3) is 5.89 Å². The van der Waals surface area contributed by atoms with E-state index in [1.54, 1.807) is 0 Å². The van der Waals surface area contributed by atoms with Crippen molar-refractivity contribution in [3.63, 3.8) is 0 Å². The minimum absolute atomic E-state index is 0.432. The number of hydrogen-bond acceptors (Lipinski definition) is 6. The lowest BCUT2D eigenvalue weighted by Gasteiger charge is -2.34. The Morgan fingerprint density at radius 3 is 2.75 bits per heavy atom. The predicted molar refractivity (Wildman–Crippen MR) is 78.6 cm³/mol. The molecule has 0 amide bonds. The molecule has 4 heterocycles. The SMILES string of the molecule is CN1C2CCC1CC(c1noc(-c3ccsc3N)n1)C2. The van der Waals surface area contributed by atoms with Gasteiger partial charge < -0.3 is 15.2 Å². The van der Waals surface area contributed by atoms with E-state index in [9.17, 15) is 0 Å². The van der Waals surface area contributed by atoms with Crippen LogP contribution in [0.3, 0.4) is 0 Å². The molecule has 2 aromatic heterocycles. The van der Waals surface area contributed by atoms with Crippen molar-refractivity contribution >= 4 is 16.3 Å². The Labute approximate surface area is 121 Å². The fraction of sp³-hybridized carbons (Fsp3) is 0.571. The Balaban J connectivity index is 1.59. The van der Waals surface area contributed by atoms with Crippen LogP contribution in [0.25, 0.3) is 11.5 Å². The van der Waals surface area contributed by atoms with Gasteiger partial charge in [0, 0.05) is 18.0 Å². The molecule has 2 atom stereocenters. The molecule has 106 valence electrons. The molecule has 2 unspecified atom stereocenters. The minimum Gasteiger partial charge on any atom is -0.390 e. The van der Waals surface area contributed by atoms with Gasteiger partial charge in [0.15, 0.2) is 5.82 Å². The summed E-state index contributed by atoms with van der Waals surface area (Å²) in [4.78, 5) is 7.11. The monoisotopic (exact) mass is 290 g/mol.